The summed E-state index contributed by atoms with van der Waals surface area (Å²) in [5.41, 5.74) is 0.534. The van der Waals surface area contributed by atoms with E-state index in [4.69, 9.17) is 4.74 Å². The van der Waals surface area contributed by atoms with Gasteiger partial charge in [-0.1, -0.05) is 24.3 Å². The molecule has 4 atom stereocenters. The molecule has 1 amide bonds. The van der Waals surface area contributed by atoms with Gasteiger partial charge < -0.3 is 14.7 Å². The van der Waals surface area contributed by atoms with Crippen molar-refractivity contribution in [2.45, 2.75) is 64.1 Å². The number of alkyl halides is 1. The first-order valence-electron chi connectivity index (χ1n) is 12.8. The van der Waals surface area contributed by atoms with Crippen LogP contribution in [0.4, 0.5) is 10.1 Å². The van der Waals surface area contributed by atoms with Gasteiger partial charge in [0, 0.05) is 50.3 Å². The van der Waals surface area contributed by atoms with Crippen LogP contribution in [0, 0.1) is 19.0 Å². The van der Waals surface area contributed by atoms with Gasteiger partial charge in [0.05, 0.1) is 24.0 Å². The van der Waals surface area contributed by atoms with E-state index in [-0.39, 0.29) is 18.4 Å². The standard InChI is InChI=1S/C28H31FI2N4O3/c1-17-25(27(2,3)29)24(10-12-34-16-21(11-13-36)32-33-34)38-28(17)22-14-20(31)8-9-23(22)35(26(28)37)15-18-4-6-19(30)7-5-18/h4-9,14,16-17,24-25,36H,10-13,15H2,1-3H3/t17-,24+,25-,28+/m0/s1. The number of hydrogen-bond donors (Lipinski definition) is 1. The number of benzene rings is 2. The summed E-state index contributed by atoms with van der Waals surface area (Å²) in [6.07, 6.45) is 2.21. The molecule has 0 radical (unpaired) electrons. The molecule has 1 saturated heterocycles. The van der Waals surface area contributed by atoms with Crippen molar-refractivity contribution < 1.29 is 19.0 Å². The lowest BCUT2D eigenvalue weighted by molar-refractivity contribution is -0.146. The van der Waals surface area contributed by atoms with Crippen LogP contribution in [-0.4, -0.2) is 44.4 Å². The number of ether oxygens (including phenoxy) is 1. The van der Waals surface area contributed by atoms with Crippen molar-refractivity contribution in [3.05, 3.63) is 72.6 Å². The van der Waals surface area contributed by atoms with Gasteiger partial charge in [-0.05, 0) is 101 Å². The van der Waals surface area contributed by atoms with E-state index in [9.17, 15) is 9.90 Å². The quantitative estimate of drug-likeness (QED) is 0.319. The van der Waals surface area contributed by atoms with Gasteiger partial charge in [-0.3, -0.25) is 9.48 Å². The summed E-state index contributed by atoms with van der Waals surface area (Å²) < 4.78 is 26.5. The molecule has 38 heavy (non-hydrogen) atoms. The van der Waals surface area contributed by atoms with Crippen molar-refractivity contribution in [3.8, 4) is 0 Å². The molecule has 1 N–H and O–H groups in total. The molecule has 0 unspecified atom stereocenters. The lowest BCUT2D eigenvalue weighted by atomic mass is 9.71. The Morgan fingerprint density at radius 2 is 1.87 bits per heavy atom. The van der Waals surface area contributed by atoms with Crippen LogP contribution in [0.25, 0.3) is 0 Å². The van der Waals surface area contributed by atoms with Crippen molar-refractivity contribution >= 4 is 56.8 Å². The number of aryl methyl sites for hydroxylation is 1. The second-order valence-corrected chi connectivity index (χ2v) is 13.2. The Morgan fingerprint density at radius 3 is 2.55 bits per heavy atom. The normalized spacial score (nSPS) is 25.0. The first-order valence-corrected chi connectivity index (χ1v) is 14.9. The molecule has 3 heterocycles. The first-order chi connectivity index (χ1) is 18.0. The molecule has 202 valence electrons. The fraction of sp³-hybridized carbons (Fsp3) is 0.464. The van der Waals surface area contributed by atoms with Crippen LogP contribution in [-0.2, 0) is 34.6 Å². The number of halogens is 3. The lowest BCUT2D eigenvalue weighted by Crippen LogP contribution is -2.45. The summed E-state index contributed by atoms with van der Waals surface area (Å²) in [7, 11) is 0. The number of nitrogens with zero attached hydrogens (tertiary/aromatic N) is 4. The number of carbonyl (C=O) groups is 1. The van der Waals surface area contributed by atoms with Crippen molar-refractivity contribution in [1.29, 1.82) is 0 Å². The van der Waals surface area contributed by atoms with E-state index >= 15 is 4.39 Å². The van der Waals surface area contributed by atoms with E-state index in [1.54, 1.807) is 29.6 Å². The molecule has 10 heteroatoms. The van der Waals surface area contributed by atoms with E-state index in [1.165, 1.54) is 0 Å². The Balaban J connectivity index is 1.50. The molecule has 3 aromatic rings. The van der Waals surface area contributed by atoms with Crippen LogP contribution in [0.1, 0.15) is 44.0 Å². The monoisotopic (exact) mass is 744 g/mol. The molecule has 2 aliphatic rings. The van der Waals surface area contributed by atoms with Gasteiger partial charge in [0.2, 0.25) is 0 Å². The third kappa shape index (κ3) is 5.01. The summed E-state index contributed by atoms with van der Waals surface area (Å²) in [6, 6.07) is 14.1. The molecule has 7 nitrogen and oxygen atoms in total. The van der Waals surface area contributed by atoms with Gasteiger partial charge in [0.15, 0.2) is 5.60 Å². The largest absolute Gasteiger partial charge is 0.396 e. The van der Waals surface area contributed by atoms with Gasteiger partial charge in [-0.2, -0.15) is 0 Å². The molecular weight excluding hydrogens is 713 g/mol. The summed E-state index contributed by atoms with van der Waals surface area (Å²) in [5, 5.41) is 17.4. The van der Waals surface area contributed by atoms with E-state index in [2.05, 4.69) is 55.5 Å². The lowest BCUT2D eigenvalue weighted by Gasteiger charge is -2.32. The summed E-state index contributed by atoms with van der Waals surface area (Å²) in [4.78, 5) is 16.2. The number of aromatic nitrogens is 3. The molecule has 1 aromatic heterocycles. The maximum absolute atomic E-state index is 15.9. The van der Waals surface area contributed by atoms with Crippen LogP contribution >= 0.6 is 45.2 Å². The topological polar surface area (TPSA) is 80.5 Å². The van der Waals surface area contributed by atoms with Crippen LogP contribution in [0.3, 0.4) is 0 Å². The smallest absolute Gasteiger partial charge is 0.264 e. The van der Waals surface area contributed by atoms with E-state index in [0.29, 0.717) is 31.6 Å². The fourth-order valence-electron chi connectivity index (χ4n) is 6.16. The fourth-order valence-corrected chi connectivity index (χ4v) is 7.01. The number of carbonyl (C=O) groups excluding carboxylic acids is 1. The molecule has 5 rings (SSSR count). The van der Waals surface area contributed by atoms with Gasteiger partial charge in [-0.25, -0.2) is 4.39 Å². The highest BCUT2D eigenvalue weighted by molar-refractivity contribution is 14.1. The Hall–Kier alpha value is -1.64. The number of rotatable bonds is 8. The summed E-state index contributed by atoms with van der Waals surface area (Å²) in [6.45, 7) is 6.01. The highest BCUT2D eigenvalue weighted by Crippen LogP contribution is 2.58. The van der Waals surface area contributed by atoms with Crippen molar-refractivity contribution in [2.24, 2.45) is 11.8 Å². The van der Waals surface area contributed by atoms with Crippen LogP contribution in [0.15, 0.2) is 48.7 Å². The van der Waals surface area contributed by atoms with E-state index in [1.807, 2.05) is 49.4 Å². The Morgan fingerprint density at radius 1 is 1.16 bits per heavy atom. The Bertz CT molecular complexity index is 1330. The van der Waals surface area contributed by atoms with Crippen molar-refractivity contribution in [2.75, 3.05) is 11.5 Å². The molecule has 1 spiro atoms. The molecule has 0 aliphatic carbocycles. The zero-order valence-electron chi connectivity index (χ0n) is 21.6. The number of aliphatic hydroxyl groups is 1. The summed E-state index contributed by atoms with van der Waals surface area (Å²) in [5.74, 6) is -1.03. The van der Waals surface area contributed by atoms with Crippen LogP contribution in [0.5, 0.6) is 0 Å². The third-order valence-electron chi connectivity index (χ3n) is 7.77. The second kappa shape index (κ2) is 10.7. The third-order valence-corrected chi connectivity index (χ3v) is 9.16. The second-order valence-electron chi connectivity index (χ2n) is 10.7. The number of fused-ring (bicyclic) bond motifs is 2. The van der Waals surface area contributed by atoms with Gasteiger partial charge in [-0.15, -0.1) is 5.10 Å². The van der Waals surface area contributed by atoms with Gasteiger partial charge in [0.25, 0.3) is 5.91 Å². The molecule has 0 bridgehead atoms. The highest BCUT2D eigenvalue weighted by atomic mass is 127. The van der Waals surface area contributed by atoms with E-state index in [0.717, 1.165) is 24.0 Å². The average Bonchev–Trinajstić information content (AvgIpc) is 3.50. The van der Waals surface area contributed by atoms with Crippen LogP contribution in [0.2, 0.25) is 0 Å². The molecule has 1 fully saturated rings. The van der Waals surface area contributed by atoms with Gasteiger partial charge in [0.1, 0.15) is 5.67 Å². The Labute approximate surface area is 249 Å². The van der Waals surface area contributed by atoms with Crippen molar-refractivity contribution in [1.82, 2.24) is 15.0 Å². The van der Waals surface area contributed by atoms with E-state index < -0.39 is 23.3 Å². The molecule has 2 aromatic carbocycles. The van der Waals surface area contributed by atoms with Crippen molar-refractivity contribution in [3.63, 3.8) is 0 Å². The predicted molar refractivity (Wildman–Crippen MR) is 159 cm³/mol. The molecular formula is C28H31FI2N4O3. The zero-order chi connectivity index (χ0) is 27.2. The maximum Gasteiger partial charge on any atom is 0.264 e. The minimum Gasteiger partial charge on any atom is -0.396 e. The average molecular weight is 744 g/mol. The van der Waals surface area contributed by atoms with Crippen LogP contribution < -0.4 is 4.90 Å². The number of aliphatic hydroxyl groups excluding tert-OH is 1. The number of anilines is 1. The maximum atomic E-state index is 15.9. The predicted octanol–water partition coefficient (Wildman–Crippen LogP) is 5.25. The Kier molecular flexibility index (Phi) is 7.88. The molecule has 2 aliphatic heterocycles. The number of hydrogen-bond acceptors (Lipinski definition) is 5. The summed E-state index contributed by atoms with van der Waals surface area (Å²) >= 11 is 4.52. The first kappa shape index (κ1) is 27.9. The molecule has 0 saturated carbocycles. The zero-order valence-corrected chi connectivity index (χ0v) is 25.9. The number of amides is 1. The van der Waals surface area contributed by atoms with Gasteiger partial charge >= 0.3 is 0 Å². The minimum absolute atomic E-state index is 0.00160. The highest BCUT2D eigenvalue weighted by Gasteiger charge is 2.66. The minimum atomic E-state index is -1.57. The SMILES string of the molecule is C[C@H]1[C@H](C(C)(C)F)[C@@H](CCn2cc(CCO)nn2)O[C@]12C(=O)N(Cc1ccc(I)cc1)c1ccc(I)cc12.